The number of methoxy groups -OCH3 is 2. The fourth-order valence-electron chi connectivity index (χ4n) is 2.26. The number of hydrogen-bond donors (Lipinski definition) is 0. The highest BCUT2D eigenvalue weighted by molar-refractivity contribution is 6.30. The first kappa shape index (κ1) is 16.9. The van der Waals surface area contributed by atoms with Crippen molar-refractivity contribution in [3.63, 3.8) is 0 Å². The van der Waals surface area contributed by atoms with Gasteiger partial charge in [-0.1, -0.05) is 11.6 Å². The minimum atomic E-state index is -0.132. The highest BCUT2D eigenvalue weighted by Gasteiger charge is 2.13. The van der Waals surface area contributed by atoms with E-state index in [9.17, 15) is 4.79 Å². The maximum absolute atomic E-state index is 12.2. The second kappa shape index (κ2) is 7.31. The summed E-state index contributed by atoms with van der Waals surface area (Å²) in [6.45, 7) is -0.0120. The van der Waals surface area contributed by atoms with Gasteiger partial charge in [-0.2, -0.15) is 4.80 Å². The van der Waals surface area contributed by atoms with Crippen molar-refractivity contribution in [1.82, 2.24) is 20.2 Å². The van der Waals surface area contributed by atoms with Crippen LogP contribution in [-0.4, -0.2) is 40.2 Å². The lowest BCUT2D eigenvalue weighted by molar-refractivity contribution is 0.0961. The van der Waals surface area contributed by atoms with E-state index in [0.29, 0.717) is 33.5 Å². The van der Waals surface area contributed by atoms with E-state index in [2.05, 4.69) is 15.4 Å². The van der Waals surface area contributed by atoms with E-state index >= 15 is 0 Å². The number of benzene rings is 2. The first-order valence-electron chi connectivity index (χ1n) is 7.39. The number of carbonyl (C=O) groups excluding carboxylic acids is 1. The van der Waals surface area contributed by atoms with Gasteiger partial charge < -0.3 is 9.47 Å². The van der Waals surface area contributed by atoms with Crippen molar-refractivity contribution in [2.45, 2.75) is 6.54 Å². The average molecular weight is 359 g/mol. The minimum Gasteiger partial charge on any atom is -0.493 e. The van der Waals surface area contributed by atoms with Gasteiger partial charge in [0.25, 0.3) is 0 Å². The normalized spacial score (nSPS) is 10.5. The molecule has 0 fully saturated rings. The third kappa shape index (κ3) is 3.77. The fourth-order valence-corrected chi connectivity index (χ4v) is 2.38. The van der Waals surface area contributed by atoms with Crippen molar-refractivity contribution in [3.8, 4) is 22.9 Å². The SMILES string of the molecule is COc1ccc(-c2nnn(CC(=O)c3ccc(Cl)cc3)n2)cc1OC. The summed E-state index contributed by atoms with van der Waals surface area (Å²) in [4.78, 5) is 13.5. The first-order valence-corrected chi connectivity index (χ1v) is 7.77. The van der Waals surface area contributed by atoms with Crippen molar-refractivity contribution in [1.29, 1.82) is 0 Å². The Balaban J connectivity index is 1.78. The predicted octanol–water partition coefficient (Wildman–Crippen LogP) is 2.89. The quantitative estimate of drug-likeness (QED) is 0.630. The topological polar surface area (TPSA) is 79.1 Å². The number of Topliss-reactive ketones (excluding diaryl/α,β-unsaturated/α-hetero) is 1. The smallest absolute Gasteiger partial charge is 0.205 e. The molecule has 1 heterocycles. The van der Waals surface area contributed by atoms with Crippen molar-refractivity contribution in [3.05, 3.63) is 53.1 Å². The Morgan fingerprint density at radius 1 is 1.08 bits per heavy atom. The number of ketones is 1. The van der Waals surface area contributed by atoms with Crippen molar-refractivity contribution in [2.24, 2.45) is 0 Å². The Morgan fingerprint density at radius 3 is 2.48 bits per heavy atom. The van der Waals surface area contributed by atoms with Gasteiger partial charge in [-0.25, -0.2) is 0 Å². The minimum absolute atomic E-state index is 0.0120. The van der Waals surface area contributed by atoms with Crippen molar-refractivity contribution >= 4 is 17.4 Å². The van der Waals surface area contributed by atoms with Gasteiger partial charge in [0.1, 0.15) is 6.54 Å². The predicted molar refractivity (Wildman–Crippen MR) is 92.1 cm³/mol. The van der Waals surface area contributed by atoms with Gasteiger partial charge >= 0.3 is 0 Å². The molecule has 8 heteroatoms. The summed E-state index contributed by atoms with van der Waals surface area (Å²) >= 11 is 5.82. The van der Waals surface area contributed by atoms with E-state index < -0.39 is 0 Å². The summed E-state index contributed by atoms with van der Waals surface area (Å²) in [6.07, 6.45) is 0. The average Bonchev–Trinajstić information content (AvgIpc) is 3.10. The van der Waals surface area contributed by atoms with Crippen LogP contribution in [0.15, 0.2) is 42.5 Å². The first-order chi connectivity index (χ1) is 12.1. The van der Waals surface area contributed by atoms with Crippen LogP contribution in [0, 0.1) is 0 Å². The highest BCUT2D eigenvalue weighted by Crippen LogP contribution is 2.30. The molecular formula is C17H15ClN4O3. The van der Waals surface area contributed by atoms with E-state index in [0.717, 1.165) is 0 Å². The second-order valence-corrected chi connectivity index (χ2v) is 5.58. The molecule has 3 rings (SSSR count). The third-order valence-corrected chi connectivity index (χ3v) is 3.80. The Morgan fingerprint density at radius 2 is 1.80 bits per heavy atom. The van der Waals surface area contributed by atoms with Crippen LogP contribution in [-0.2, 0) is 6.54 Å². The Hall–Kier alpha value is -2.93. The summed E-state index contributed by atoms with van der Waals surface area (Å²) in [7, 11) is 3.12. The Labute approximate surface area is 149 Å². The molecule has 0 atom stereocenters. The molecule has 0 aliphatic rings. The van der Waals surface area contributed by atoms with Gasteiger partial charge in [0.2, 0.25) is 5.82 Å². The molecule has 0 saturated carbocycles. The Kier molecular flexibility index (Phi) is 4.95. The van der Waals surface area contributed by atoms with E-state index in [-0.39, 0.29) is 12.3 Å². The number of halogens is 1. The van der Waals surface area contributed by atoms with E-state index in [1.165, 1.54) is 4.80 Å². The van der Waals surface area contributed by atoms with Crippen LogP contribution in [0.5, 0.6) is 11.5 Å². The molecule has 2 aromatic carbocycles. The van der Waals surface area contributed by atoms with Gasteiger partial charge in [0.15, 0.2) is 17.3 Å². The summed E-state index contributed by atoms with van der Waals surface area (Å²) in [5.74, 6) is 1.43. The van der Waals surface area contributed by atoms with Crippen LogP contribution in [0.1, 0.15) is 10.4 Å². The lowest BCUT2D eigenvalue weighted by atomic mass is 10.1. The number of ether oxygens (including phenoxy) is 2. The van der Waals surface area contributed by atoms with Gasteiger partial charge in [-0.05, 0) is 47.7 Å². The second-order valence-electron chi connectivity index (χ2n) is 5.14. The van der Waals surface area contributed by atoms with Crippen molar-refractivity contribution < 1.29 is 14.3 Å². The van der Waals surface area contributed by atoms with Crippen LogP contribution >= 0.6 is 11.6 Å². The molecular weight excluding hydrogens is 344 g/mol. The molecule has 0 amide bonds. The maximum atomic E-state index is 12.2. The van der Waals surface area contributed by atoms with Crippen LogP contribution in [0.2, 0.25) is 5.02 Å². The standard InChI is InChI=1S/C17H15ClN4O3/c1-24-15-8-5-12(9-16(15)25-2)17-19-21-22(20-17)10-14(23)11-3-6-13(18)7-4-11/h3-9H,10H2,1-2H3. The molecule has 0 aliphatic heterocycles. The Bertz CT molecular complexity index is 893. The molecule has 0 radical (unpaired) electrons. The number of rotatable bonds is 6. The molecule has 0 N–H and O–H groups in total. The van der Waals surface area contributed by atoms with E-state index in [1.807, 2.05) is 0 Å². The van der Waals surface area contributed by atoms with Crippen molar-refractivity contribution in [2.75, 3.05) is 14.2 Å². The van der Waals surface area contributed by atoms with E-state index in [1.54, 1.807) is 56.7 Å². The third-order valence-electron chi connectivity index (χ3n) is 3.55. The zero-order valence-corrected chi connectivity index (χ0v) is 14.4. The molecule has 128 valence electrons. The number of tetrazole rings is 1. The molecule has 0 unspecified atom stereocenters. The lowest BCUT2D eigenvalue weighted by Crippen LogP contribution is -2.13. The zero-order valence-electron chi connectivity index (χ0n) is 13.6. The van der Waals surface area contributed by atoms with Gasteiger partial charge in [0, 0.05) is 16.1 Å². The fraction of sp³-hybridized carbons (Fsp3) is 0.176. The molecule has 0 saturated heterocycles. The molecule has 0 aliphatic carbocycles. The molecule has 25 heavy (non-hydrogen) atoms. The molecule has 1 aromatic heterocycles. The molecule has 3 aromatic rings. The summed E-state index contributed by atoms with van der Waals surface area (Å²) in [6, 6.07) is 12.0. The lowest BCUT2D eigenvalue weighted by Gasteiger charge is -2.07. The molecule has 0 spiro atoms. The van der Waals surface area contributed by atoms with Crippen LogP contribution < -0.4 is 9.47 Å². The number of nitrogens with zero attached hydrogens (tertiary/aromatic N) is 4. The zero-order chi connectivity index (χ0) is 17.8. The van der Waals surface area contributed by atoms with Gasteiger partial charge in [0.05, 0.1) is 14.2 Å². The largest absolute Gasteiger partial charge is 0.493 e. The maximum Gasteiger partial charge on any atom is 0.205 e. The van der Waals surface area contributed by atoms with Gasteiger partial charge in [-0.3, -0.25) is 4.79 Å². The van der Waals surface area contributed by atoms with Crippen LogP contribution in [0.4, 0.5) is 0 Å². The highest BCUT2D eigenvalue weighted by atomic mass is 35.5. The monoisotopic (exact) mass is 358 g/mol. The van der Waals surface area contributed by atoms with E-state index in [4.69, 9.17) is 21.1 Å². The summed E-state index contributed by atoms with van der Waals surface area (Å²) in [5.41, 5.74) is 1.25. The van der Waals surface area contributed by atoms with Crippen LogP contribution in [0.3, 0.4) is 0 Å². The number of aromatic nitrogens is 4. The summed E-state index contributed by atoms with van der Waals surface area (Å²) < 4.78 is 10.5. The molecule has 7 nitrogen and oxygen atoms in total. The number of carbonyl (C=O) groups is 1. The molecule has 0 bridgehead atoms. The van der Waals surface area contributed by atoms with Crippen LogP contribution in [0.25, 0.3) is 11.4 Å². The van der Waals surface area contributed by atoms with Gasteiger partial charge in [-0.15, -0.1) is 10.2 Å². The summed E-state index contributed by atoms with van der Waals surface area (Å²) in [5, 5.41) is 12.7. The number of hydrogen-bond acceptors (Lipinski definition) is 6.